The second-order valence-electron chi connectivity index (χ2n) is 4.43. The molecule has 2 atom stereocenters. The quantitative estimate of drug-likeness (QED) is 0.917. The molecule has 16 heavy (non-hydrogen) atoms. The van der Waals surface area contributed by atoms with Crippen LogP contribution in [0.5, 0.6) is 0 Å². The van der Waals surface area contributed by atoms with Crippen molar-refractivity contribution in [2.45, 2.75) is 25.2 Å². The van der Waals surface area contributed by atoms with Crippen molar-refractivity contribution in [3.8, 4) is 0 Å². The van der Waals surface area contributed by atoms with Crippen LogP contribution in [0.3, 0.4) is 0 Å². The molecule has 1 fully saturated rings. The van der Waals surface area contributed by atoms with Gasteiger partial charge >= 0.3 is 0 Å². The molecule has 0 spiro atoms. The predicted molar refractivity (Wildman–Crippen MR) is 74.3 cm³/mol. The fourth-order valence-electron chi connectivity index (χ4n) is 2.07. The van der Waals surface area contributed by atoms with Gasteiger partial charge in [0.25, 0.3) is 0 Å². The third-order valence-electron chi connectivity index (χ3n) is 3.24. The van der Waals surface area contributed by atoms with Crippen LogP contribution in [-0.2, 0) is 0 Å². The standard InChI is InChI=1S/C13H17BrOS/c1-9(7-15)10-2-3-12(13(14)6-10)11-4-5-16-8-11/h2-3,6,9,11,15H,4-5,7-8H2,1H3. The Kier molecular flexibility index (Phi) is 4.34. The Morgan fingerprint density at radius 2 is 2.38 bits per heavy atom. The first-order chi connectivity index (χ1) is 7.72. The summed E-state index contributed by atoms with van der Waals surface area (Å²) in [6, 6.07) is 6.55. The molecule has 0 aliphatic carbocycles. The SMILES string of the molecule is CC(CO)c1ccc(C2CCSC2)c(Br)c1. The summed E-state index contributed by atoms with van der Waals surface area (Å²) >= 11 is 5.70. The van der Waals surface area contributed by atoms with Gasteiger partial charge in [-0.3, -0.25) is 0 Å². The lowest BCUT2D eigenvalue weighted by Gasteiger charge is -2.15. The number of halogens is 1. The van der Waals surface area contributed by atoms with E-state index in [-0.39, 0.29) is 12.5 Å². The van der Waals surface area contributed by atoms with Crippen LogP contribution in [0.1, 0.15) is 36.3 Å². The summed E-state index contributed by atoms with van der Waals surface area (Å²) in [6.45, 7) is 2.26. The van der Waals surface area contributed by atoms with Gasteiger partial charge in [0.2, 0.25) is 0 Å². The first-order valence-electron chi connectivity index (χ1n) is 5.70. The van der Waals surface area contributed by atoms with E-state index in [2.05, 4.69) is 34.1 Å². The van der Waals surface area contributed by atoms with Crippen LogP contribution in [0, 0.1) is 0 Å². The minimum atomic E-state index is 0.213. The molecule has 1 aromatic rings. The van der Waals surface area contributed by atoms with Crippen molar-refractivity contribution in [3.63, 3.8) is 0 Å². The van der Waals surface area contributed by atoms with E-state index in [4.69, 9.17) is 5.11 Å². The lowest BCUT2D eigenvalue weighted by molar-refractivity contribution is 0.273. The highest BCUT2D eigenvalue weighted by atomic mass is 79.9. The summed E-state index contributed by atoms with van der Waals surface area (Å²) in [5, 5.41) is 9.14. The molecule has 88 valence electrons. The first-order valence-corrected chi connectivity index (χ1v) is 7.65. The molecule has 1 aromatic carbocycles. The highest BCUT2D eigenvalue weighted by Crippen LogP contribution is 2.37. The van der Waals surface area contributed by atoms with Crippen LogP contribution in [0.2, 0.25) is 0 Å². The van der Waals surface area contributed by atoms with Gasteiger partial charge in [-0.15, -0.1) is 0 Å². The molecule has 0 radical (unpaired) electrons. The molecule has 0 bridgehead atoms. The first kappa shape index (κ1) is 12.5. The van der Waals surface area contributed by atoms with E-state index in [0.717, 1.165) is 0 Å². The molecule has 1 saturated heterocycles. The van der Waals surface area contributed by atoms with Crippen LogP contribution in [0.4, 0.5) is 0 Å². The number of hydrogen-bond acceptors (Lipinski definition) is 2. The zero-order valence-electron chi connectivity index (χ0n) is 9.45. The Hall–Kier alpha value is 0.01000. The fourth-order valence-corrected chi connectivity index (χ4v) is 4.04. The van der Waals surface area contributed by atoms with Crippen molar-refractivity contribution in [2.24, 2.45) is 0 Å². The molecule has 2 unspecified atom stereocenters. The zero-order chi connectivity index (χ0) is 11.5. The van der Waals surface area contributed by atoms with Gasteiger partial charge in [-0.2, -0.15) is 11.8 Å². The highest BCUT2D eigenvalue weighted by molar-refractivity contribution is 9.10. The van der Waals surface area contributed by atoms with E-state index in [9.17, 15) is 0 Å². The van der Waals surface area contributed by atoms with Crippen LogP contribution in [0.25, 0.3) is 0 Å². The molecule has 1 nitrogen and oxygen atoms in total. The molecule has 2 rings (SSSR count). The van der Waals surface area contributed by atoms with Gasteiger partial charge in [0.15, 0.2) is 0 Å². The Balaban J connectivity index is 2.22. The maximum Gasteiger partial charge on any atom is 0.0497 e. The summed E-state index contributed by atoms with van der Waals surface area (Å²) in [5.74, 6) is 3.46. The number of rotatable bonds is 3. The van der Waals surface area contributed by atoms with Gasteiger partial charge in [0.05, 0.1) is 0 Å². The van der Waals surface area contributed by atoms with Gasteiger partial charge in [0.1, 0.15) is 0 Å². The molecular weight excluding hydrogens is 284 g/mol. The Morgan fingerprint density at radius 1 is 1.56 bits per heavy atom. The molecule has 0 saturated carbocycles. The van der Waals surface area contributed by atoms with Gasteiger partial charge in [0, 0.05) is 22.8 Å². The molecule has 1 heterocycles. The van der Waals surface area contributed by atoms with Crippen molar-refractivity contribution < 1.29 is 5.11 Å². The Bertz CT molecular complexity index is 361. The van der Waals surface area contributed by atoms with Crippen molar-refractivity contribution >= 4 is 27.7 Å². The monoisotopic (exact) mass is 300 g/mol. The summed E-state index contributed by atoms with van der Waals surface area (Å²) in [5.41, 5.74) is 2.64. The molecule has 3 heteroatoms. The van der Waals surface area contributed by atoms with Gasteiger partial charge in [-0.1, -0.05) is 35.0 Å². The van der Waals surface area contributed by atoms with E-state index in [1.54, 1.807) is 0 Å². The average molecular weight is 301 g/mol. The minimum absolute atomic E-state index is 0.213. The largest absolute Gasteiger partial charge is 0.396 e. The number of aliphatic hydroxyl groups excluding tert-OH is 1. The summed E-state index contributed by atoms with van der Waals surface area (Å²) in [7, 11) is 0. The number of hydrogen-bond donors (Lipinski definition) is 1. The van der Waals surface area contributed by atoms with E-state index in [0.29, 0.717) is 5.92 Å². The average Bonchev–Trinajstić information content (AvgIpc) is 2.81. The molecule has 1 aliphatic heterocycles. The summed E-state index contributed by atoms with van der Waals surface area (Å²) in [6.07, 6.45) is 1.29. The van der Waals surface area contributed by atoms with E-state index in [1.165, 1.54) is 33.5 Å². The highest BCUT2D eigenvalue weighted by Gasteiger charge is 2.20. The fraction of sp³-hybridized carbons (Fsp3) is 0.538. The normalized spacial score (nSPS) is 22.3. The van der Waals surface area contributed by atoms with Crippen molar-refractivity contribution in [1.29, 1.82) is 0 Å². The third-order valence-corrected chi connectivity index (χ3v) is 5.09. The number of aliphatic hydroxyl groups is 1. The zero-order valence-corrected chi connectivity index (χ0v) is 11.9. The van der Waals surface area contributed by atoms with Crippen molar-refractivity contribution in [1.82, 2.24) is 0 Å². The van der Waals surface area contributed by atoms with Crippen molar-refractivity contribution in [3.05, 3.63) is 33.8 Å². The van der Waals surface area contributed by atoms with Crippen LogP contribution >= 0.6 is 27.7 Å². The van der Waals surface area contributed by atoms with Crippen LogP contribution in [-0.4, -0.2) is 23.2 Å². The summed E-state index contributed by atoms with van der Waals surface area (Å²) in [4.78, 5) is 0. The van der Waals surface area contributed by atoms with E-state index >= 15 is 0 Å². The second kappa shape index (κ2) is 5.56. The third kappa shape index (κ3) is 2.63. The maximum atomic E-state index is 9.14. The Morgan fingerprint density at radius 3 is 2.94 bits per heavy atom. The molecule has 1 aliphatic rings. The molecular formula is C13H17BrOS. The predicted octanol–water partition coefficient (Wildman–Crippen LogP) is 3.77. The smallest absolute Gasteiger partial charge is 0.0497 e. The molecule has 0 aromatic heterocycles. The number of thioether (sulfide) groups is 1. The molecule has 0 amide bonds. The van der Waals surface area contributed by atoms with Gasteiger partial charge in [-0.25, -0.2) is 0 Å². The molecule has 1 N–H and O–H groups in total. The maximum absolute atomic E-state index is 9.14. The number of benzene rings is 1. The van der Waals surface area contributed by atoms with Gasteiger partial charge in [-0.05, 0) is 35.3 Å². The topological polar surface area (TPSA) is 20.2 Å². The lowest BCUT2D eigenvalue weighted by Crippen LogP contribution is -2.02. The van der Waals surface area contributed by atoms with Crippen molar-refractivity contribution in [2.75, 3.05) is 18.1 Å². The second-order valence-corrected chi connectivity index (χ2v) is 6.43. The Labute approximate surface area is 110 Å². The van der Waals surface area contributed by atoms with Crippen LogP contribution < -0.4 is 0 Å². The lowest BCUT2D eigenvalue weighted by atomic mass is 9.94. The van der Waals surface area contributed by atoms with E-state index in [1.807, 2.05) is 18.7 Å². The minimum Gasteiger partial charge on any atom is -0.396 e. The summed E-state index contributed by atoms with van der Waals surface area (Å²) < 4.78 is 1.21. The van der Waals surface area contributed by atoms with Gasteiger partial charge < -0.3 is 5.11 Å². The van der Waals surface area contributed by atoms with Crippen LogP contribution in [0.15, 0.2) is 22.7 Å². The van der Waals surface area contributed by atoms with E-state index < -0.39 is 0 Å².